The van der Waals surface area contributed by atoms with E-state index in [1.54, 1.807) is 12.3 Å². The summed E-state index contributed by atoms with van der Waals surface area (Å²) in [7, 11) is 0. The van der Waals surface area contributed by atoms with Crippen molar-refractivity contribution in [2.45, 2.75) is 38.8 Å². The molecule has 0 spiro atoms. The molecule has 0 atom stereocenters. The quantitative estimate of drug-likeness (QED) is 0.698. The molecule has 0 aliphatic heterocycles. The number of hydrogen-bond donors (Lipinski definition) is 3. The van der Waals surface area contributed by atoms with E-state index in [2.05, 4.69) is 31.5 Å². The molecule has 1 aromatic heterocycles. The zero-order valence-electron chi connectivity index (χ0n) is 13.2. The molecule has 0 saturated heterocycles. The SMILES string of the molecule is CCN(CC(=O)O)C1CC(NC(=O)Nc2cc(Br)cnc2C)C1. The summed E-state index contributed by atoms with van der Waals surface area (Å²) < 4.78 is 0.800. The van der Waals surface area contributed by atoms with Gasteiger partial charge in [0.25, 0.3) is 0 Å². The molecule has 0 aromatic carbocycles. The molecule has 1 aliphatic rings. The average Bonchev–Trinajstić information content (AvgIpc) is 2.44. The first-order chi connectivity index (χ1) is 10.9. The van der Waals surface area contributed by atoms with E-state index in [4.69, 9.17) is 5.11 Å². The molecule has 2 rings (SSSR count). The molecule has 3 N–H and O–H groups in total. The minimum absolute atomic E-state index is 0.0446. The van der Waals surface area contributed by atoms with E-state index in [0.29, 0.717) is 12.2 Å². The number of carboxylic acids is 1. The lowest BCUT2D eigenvalue weighted by molar-refractivity contribution is -0.139. The van der Waals surface area contributed by atoms with Crippen molar-refractivity contribution in [3.63, 3.8) is 0 Å². The number of rotatable bonds is 6. The van der Waals surface area contributed by atoms with E-state index in [1.807, 2.05) is 18.7 Å². The lowest BCUT2D eigenvalue weighted by Gasteiger charge is -2.42. The number of aliphatic carboxylic acids is 1. The Hall–Kier alpha value is -1.67. The predicted molar refractivity (Wildman–Crippen MR) is 90.5 cm³/mol. The number of aryl methyl sites for hydroxylation is 1. The number of nitrogens with one attached hydrogen (secondary N) is 2. The van der Waals surface area contributed by atoms with E-state index < -0.39 is 5.97 Å². The number of likely N-dealkylation sites (N-methyl/N-ethyl adjacent to an activating group) is 1. The summed E-state index contributed by atoms with van der Waals surface area (Å²) in [5.41, 5.74) is 1.40. The highest BCUT2D eigenvalue weighted by Gasteiger charge is 2.34. The number of carbonyl (C=O) groups is 2. The largest absolute Gasteiger partial charge is 0.480 e. The van der Waals surface area contributed by atoms with Crippen LogP contribution in [0, 0.1) is 6.92 Å². The highest BCUT2D eigenvalue weighted by Crippen LogP contribution is 2.26. The van der Waals surface area contributed by atoms with Crippen LogP contribution in [0.4, 0.5) is 10.5 Å². The van der Waals surface area contributed by atoms with Crippen LogP contribution in [0.2, 0.25) is 0 Å². The zero-order valence-corrected chi connectivity index (χ0v) is 14.8. The normalized spacial score (nSPS) is 20.0. The van der Waals surface area contributed by atoms with Crippen LogP contribution < -0.4 is 10.6 Å². The van der Waals surface area contributed by atoms with E-state index in [-0.39, 0.29) is 24.7 Å². The van der Waals surface area contributed by atoms with Gasteiger partial charge in [0.1, 0.15) is 0 Å². The van der Waals surface area contributed by atoms with Crippen LogP contribution in [-0.2, 0) is 4.79 Å². The number of pyridine rings is 1. The number of aromatic nitrogens is 1. The zero-order chi connectivity index (χ0) is 17.0. The van der Waals surface area contributed by atoms with Crippen molar-refractivity contribution >= 4 is 33.6 Å². The fourth-order valence-electron chi connectivity index (χ4n) is 2.65. The molecule has 0 unspecified atom stereocenters. The van der Waals surface area contributed by atoms with Crippen LogP contribution in [0.15, 0.2) is 16.7 Å². The van der Waals surface area contributed by atoms with E-state index in [9.17, 15) is 9.59 Å². The molecule has 1 aliphatic carbocycles. The fraction of sp³-hybridized carbons (Fsp3) is 0.533. The topological polar surface area (TPSA) is 94.6 Å². The van der Waals surface area contributed by atoms with Gasteiger partial charge in [0.15, 0.2) is 0 Å². The third kappa shape index (κ3) is 4.90. The van der Waals surface area contributed by atoms with Gasteiger partial charge in [-0.1, -0.05) is 6.92 Å². The molecule has 7 nitrogen and oxygen atoms in total. The minimum atomic E-state index is -0.821. The van der Waals surface area contributed by atoms with Gasteiger partial charge < -0.3 is 15.7 Å². The summed E-state index contributed by atoms with van der Waals surface area (Å²) in [6.45, 7) is 4.51. The summed E-state index contributed by atoms with van der Waals surface area (Å²) in [5, 5.41) is 14.6. The van der Waals surface area contributed by atoms with E-state index in [1.165, 1.54) is 0 Å². The Morgan fingerprint density at radius 2 is 2.17 bits per heavy atom. The lowest BCUT2D eigenvalue weighted by atomic mass is 9.85. The Morgan fingerprint density at radius 3 is 2.78 bits per heavy atom. The number of hydrogen-bond acceptors (Lipinski definition) is 4. The van der Waals surface area contributed by atoms with Gasteiger partial charge in [-0.15, -0.1) is 0 Å². The fourth-order valence-corrected chi connectivity index (χ4v) is 2.99. The summed E-state index contributed by atoms with van der Waals surface area (Å²) in [5.74, 6) is -0.821. The maximum atomic E-state index is 12.0. The van der Waals surface area contributed by atoms with Crippen LogP contribution >= 0.6 is 15.9 Å². The lowest BCUT2D eigenvalue weighted by Crippen LogP contribution is -2.55. The molecule has 0 bridgehead atoms. The van der Waals surface area contributed by atoms with Gasteiger partial charge in [-0.2, -0.15) is 0 Å². The van der Waals surface area contributed by atoms with Crippen molar-refractivity contribution in [2.75, 3.05) is 18.4 Å². The van der Waals surface area contributed by atoms with Gasteiger partial charge in [0, 0.05) is 22.8 Å². The maximum Gasteiger partial charge on any atom is 0.319 e. The van der Waals surface area contributed by atoms with Gasteiger partial charge in [0.05, 0.1) is 17.9 Å². The highest BCUT2D eigenvalue weighted by atomic mass is 79.9. The maximum absolute atomic E-state index is 12.0. The molecule has 2 amide bonds. The first kappa shape index (κ1) is 17.7. The number of amides is 2. The Balaban J connectivity index is 1.80. The summed E-state index contributed by atoms with van der Waals surface area (Å²) >= 11 is 3.33. The van der Waals surface area contributed by atoms with Crippen molar-refractivity contribution in [1.29, 1.82) is 0 Å². The smallest absolute Gasteiger partial charge is 0.319 e. The molecule has 0 radical (unpaired) electrons. The second kappa shape index (κ2) is 7.74. The molecule has 1 heterocycles. The van der Waals surface area contributed by atoms with Crippen molar-refractivity contribution in [1.82, 2.24) is 15.2 Å². The van der Waals surface area contributed by atoms with Gasteiger partial charge in [0.2, 0.25) is 0 Å². The second-order valence-corrected chi connectivity index (χ2v) is 6.58. The predicted octanol–water partition coefficient (Wildman–Crippen LogP) is 2.21. The molecule has 126 valence electrons. The van der Waals surface area contributed by atoms with E-state index in [0.717, 1.165) is 23.0 Å². The Morgan fingerprint density at radius 1 is 1.48 bits per heavy atom. The first-order valence-electron chi connectivity index (χ1n) is 7.54. The first-order valence-corrected chi connectivity index (χ1v) is 8.33. The number of anilines is 1. The van der Waals surface area contributed by atoms with Gasteiger partial charge in [-0.05, 0) is 48.3 Å². The van der Waals surface area contributed by atoms with E-state index >= 15 is 0 Å². The molecule has 1 aromatic rings. The van der Waals surface area contributed by atoms with Crippen LogP contribution in [0.1, 0.15) is 25.5 Å². The molecular weight excluding hydrogens is 364 g/mol. The molecule has 1 fully saturated rings. The number of urea groups is 1. The Bertz CT molecular complexity index is 590. The molecular formula is C15H21BrN4O3. The number of halogens is 1. The second-order valence-electron chi connectivity index (χ2n) is 5.66. The van der Waals surface area contributed by atoms with Gasteiger partial charge >= 0.3 is 12.0 Å². The standard InChI is InChI=1S/C15H21BrN4O3/c1-3-20(8-14(21)22)12-5-11(6-12)18-15(23)19-13-4-10(16)7-17-9(13)2/h4,7,11-12H,3,5-6,8H2,1-2H3,(H,21,22)(H2,18,19,23). The van der Waals surface area contributed by atoms with Crippen molar-refractivity contribution in [3.8, 4) is 0 Å². The third-order valence-electron chi connectivity index (χ3n) is 4.01. The van der Waals surface area contributed by atoms with Gasteiger partial charge in [-0.3, -0.25) is 14.7 Å². The summed E-state index contributed by atoms with van der Waals surface area (Å²) in [6, 6.07) is 1.83. The highest BCUT2D eigenvalue weighted by molar-refractivity contribution is 9.10. The summed E-state index contributed by atoms with van der Waals surface area (Å²) in [6.07, 6.45) is 3.21. The third-order valence-corrected chi connectivity index (χ3v) is 4.44. The molecule has 1 saturated carbocycles. The number of nitrogens with zero attached hydrogens (tertiary/aromatic N) is 2. The number of carboxylic acid groups (broad SMARTS) is 1. The van der Waals surface area contributed by atoms with Crippen LogP contribution in [-0.4, -0.2) is 52.2 Å². The average molecular weight is 385 g/mol. The molecule has 23 heavy (non-hydrogen) atoms. The Kier molecular flexibility index (Phi) is 5.95. The van der Waals surface area contributed by atoms with Crippen LogP contribution in [0.3, 0.4) is 0 Å². The van der Waals surface area contributed by atoms with Crippen molar-refractivity contribution in [3.05, 3.63) is 22.4 Å². The molecule has 8 heteroatoms. The van der Waals surface area contributed by atoms with Crippen LogP contribution in [0.5, 0.6) is 0 Å². The Labute approximate surface area is 143 Å². The monoisotopic (exact) mass is 384 g/mol. The van der Waals surface area contributed by atoms with Crippen molar-refractivity contribution < 1.29 is 14.7 Å². The summed E-state index contributed by atoms with van der Waals surface area (Å²) in [4.78, 5) is 28.9. The van der Waals surface area contributed by atoms with Gasteiger partial charge in [-0.25, -0.2) is 4.79 Å². The number of carbonyl (C=O) groups excluding carboxylic acids is 1. The minimum Gasteiger partial charge on any atom is -0.480 e. The van der Waals surface area contributed by atoms with Crippen LogP contribution in [0.25, 0.3) is 0 Å². The van der Waals surface area contributed by atoms with Crippen molar-refractivity contribution in [2.24, 2.45) is 0 Å².